The van der Waals surface area contributed by atoms with Gasteiger partial charge in [0.2, 0.25) is 0 Å². The Bertz CT molecular complexity index is 377. The first kappa shape index (κ1) is 11.0. The number of nitrogens with zero attached hydrogens (tertiary/aromatic N) is 1. The van der Waals surface area contributed by atoms with Crippen molar-refractivity contribution in [2.75, 3.05) is 5.43 Å². The lowest BCUT2D eigenvalue weighted by atomic mass is 10.3. The zero-order chi connectivity index (χ0) is 10.6. The van der Waals surface area contributed by atoms with Crippen molar-refractivity contribution in [3.05, 3.63) is 29.3 Å². The Balaban J connectivity index is 2.76. The molecule has 0 aromatic heterocycles. The molecule has 0 bridgehead atoms. The summed E-state index contributed by atoms with van der Waals surface area (Å²) >= 11 is 11.3. The number of para-hydroxylation sites is 1. The molecule has 0 heterocycles. The molecule has 0 aliphatic heterocycles. The van der Waals surface area contributed by atoms with E-state index in [0.29, 0.717) is 10.7 Å². The maximum absolute atomic E-state index is 10.7. The van der Waals surface area contributed by atoms with Crippen LogP contribution < -0.4 is 5.43 Å². The van der Waals surface area contributed by atoms with Gasteiger partial charge < -0.3 is 0 Å². The summed E-state index contributed by atoms with van der Waals surface area (Å²) in [6.45, 7) is 1.33. The molecule has 0 saturated carbocycles. The fraction of sp³-hybridized carbons (Fsp3) is 0.111. The highest BCUT2D eigenvalue weighted by molar-refractivity contribution is 6.82. The van der Waals surface area contributed by atoms with Crippen molar-refractivity contribution in [3.63, 3.8) is 0 Å². The Morgan fingerprint density at radius 2 is 2.07 bits per heavy atom. The van der Waals surface area contributed by atoms with E-state index < -0.39 is 0 Å². The van der Waals surface area contributed by atoms with E-state index in [4.69, 9.17) is 23.2 Å². The Hall–Kier alpha value is -1.06. The Morgan fingerprint density at radius 1 is 1.43 bits per heavy atom. The highest BCUT2D eigenvalue weighted by Gasteiger charge is 2.01. The SMILES string of the molecule is CC(=O)/C(Cl)=N/Nc1ccccc1Cl. The van der Waals surface area contributed by atoms with Crippen molar-refractivity contribution < 1.29 is 4.79 Å². The summed E-state index contributed by atoms with van der Waals surface area (Å²) in [4.78, 5) is 10.7. The van der Waals surface area contributed by atoms with Crippen molar-refractivity contribution in [3.8, 4) is 0 Å². The second-order valence-corrected chi connectivity index (χ2v) is 3.32. The van der Waals surface area contributed by atoms with Crippen LogP contribution in [0.4, 0.5) is 5.69 Å². The minimum absolute atomic E-state index is 0.107. The summed E-state index contributed by atoms with van der Waals surface area (Å²) in [6, 6.07) is 7.03. The summed E-state index contributed by atoms with van der Waals surface area (Å²) in [6.07, 6.45) is 0. The van der Waals surface area contributed by atoms with Crippen LogP contribution in [0.5, 0.6) is 0 Å². The van der Waals surface area contributed by atoms with E-state index >= 15 is 0 Å². The first-order valence-electron chi connectivity index (χ1n) is 3.86. The number of carbonyl (C=O) groups is 1. The predicted molar refractivity (Wildman–Crippen MR) is 59.0 cm³/mol. The third-order valence-electron chi connectivity index (χ3n) is 1.44. The second-order valence-electron chi connectivity index (χ2n) is 2.55. The molecule has 1 N–H and O–H groups in total. The molecule has 1 aromatic carbocycles. The van der Waals surface area contributed by atoms with Gasteiger partial charge in [-0.2, -0.15) is 5.10 Å². The molecule has 14 heavy (non-hydrogen) atoms. The van der Waals surface area contributed by atoms with Crippen molar-refractivity contribution >= 4 is 39.8 Å². The van der Waals surface area contributed by atoms with E-state index in [-0.39, 0.29) is 11.0 Å². The van der Waals surface area contributed by atoms with Crippen LogP contribution in [0, 0.1) is 0 Å². The van der Waals surface area contributed by atoms with Gasteiger partial charge in [0.25, 0.3) is 0 Å². The minimum Gasteiger partial charge on any atom is -0.292 e. The van der Waals surface area contributed by atoms with Crippen LogP contribution in [0.1, 0.15) is 6.92 Å². The number of benzene rings is 1. The fourth-order valence-corrected chi connectivity index (χ4v) is 0.960. The van der Waals surface area contributed by atoms with Gasteiger partial charge in [-0.05, 0) is 12.1 Å². The molecule has 0 saturated heterocycles. The monoisotopic (exact) mass is 230 g/mol. The molecule has 0 fully saturated rings. The number of hydrogen-bond donors (Lipinski definition) is 1. The molecule has 1 rings (SSSR count). The average molecular weight is 231 g/mol. The zero-order valence-electron chi connectivity index (χ0n) is 7.42. The van der Waals surface area contributed by atoms with Gasteiger partial charge in [0.1, 0.15) is 0 Å². The molecule has 3 nitrogen and oxygen atoms in total. The maximum atomic E-state index is 10.7. The number of rotatable bonds is 3. The van der Waals surface area contributed by atoms with E-state index in [0.717, 1.165) is 0 Å². The first-order chi connectivity index (χ1) is 6.61. The van der Waals surface area contributed by atoms with E-state index in [9.17, 15) is 4.79 Å². The lowest BCUT2D eigenvalue weighted by molar-refractivity contribution is -0.110. The number of hydrazone groups is 1. The maximum Gasteiger partial charge on any atom is 0.191 e. The fourth-order valence-electron chi connectivity index (χ4n) is 0.740. The lowest BCUT2D eigenvalue weighted by Crippen LogP contribution is -2.04. The number of halogens is 2. The largest absolute Gasteiger partial charge is 0.292 e. The van der Waals surface area contributed by atoms with E-state index in [1.165, 1.54) is 6.92 Å². The van der Waals surface area contributed by atoms with Crippen molar-refractivity contribution in [2.24, 2.45) is 5.10 Å². The van der Waals surface area contributed by atoms with Crippen molar-refractivity contribution in [1.29, 1.82) is 0 Å². The number of anilines is 1. The van der Waals surface area contributed by atoms with Crippen LogP contribution >= 0.6 is 23.2 Å². The van der Waals surface area contributed by atoms with E-state index in [1.54, 1.807) is 24.3 Å². The molecule has 0 unspecified atom stereocenters. The van der Waals surface area contributed by atoms with Gasteiger partial charge in [-0.1, -0.05) is 35.3 Å². The topological polar surface area (TPSA) is 41.5 Å². The molecule has 0 spiro atoms. The van der Waals surface area contributed by atoms with Crippen molar-refractivity contribution in [1.82, 2.24) is 0 Å². The van der Waals surface area contributed by atoms with Gasteiger partial charge in [-0.15, -0.1) is 0 Å². The highest BCUT2D eigenvalue weighted by atomic mass is 35.5. The van der Waals surface area contributed by atoms with Crippen LogP contribution in [0.25, 0.3) is 0 Å². The smallest absolute Gasteiger partial charge is 0.191 e. The van der Waals surface area contributed by atoms with Crippen LogP contribution in [0.15, 0.2) is 29.4 Å². The van der Waals surface area contributed by atoms with Crippen LogP contribution in [0.2, 0.25) is 5.02 Å². The molecule has 0 atom stereocenters. The third kappa shape index (κ3) is 3.01. The van der Waals surface area contributed by atoms with Crippen LogP contribution in [0.3, 0.4) is 0 Å². The molecular weight excluding hydrogens is 223 g/mol. The number of nitrogens with one attached hydrogen (secondary N) is 1. The first-order valence-corrected chi connectivity index (χ1v) is 4.61. The number of hydrogen-bond acceptors (Lipinski definition) is 3. The number of ketones is 1. The van der Waals surface area contributed by atoms with E-state index in [2.05, 4.69) is 10.5 Å². The Morgan fingerprint density at radius 3 is 2.64 bits per heavy atom. The highest BCUT2D eigenvalue weighted by Crippen LogP contribution is 2.20. The van der Waals surface area contributed by atoms with Crippen molar-refractivity contribution in [2.45, 2.75) is 6.92 Å². The summed E-state index contributed by atoms with van der Waals surface area (Å²) in [5, 5.41) is 4.06. The average Bonchev–Trinajstić information content (AvgIpc) is 2.16. The quantitative estimate of drug-likeness (QED) is 0.641. The van der Waals surface area contributed by atoms with Gasteiger partial charge >= 0.3 is 0 Å². The summed E-state index contributed by atoms with van der Waals surface area (Å²) in [5.74, 6) is -0.300. The van der Waals surface area contributed by atoms with Crippen LogP contribution in [-0.2, 0) is 4.79 Å². The predicted octanol–water partition coefficient (Wildman–Crippen LogP) is 2.89. The molecule has 0 radical (unpaired) electrons. The zero-order valence-corrected chi connectivity index (χ0v) is 8.93. The van der Waals surface area contributed by atoms with Gasteiger partial charge in [-0.25, -0.2) is 0 Å². The molecule has 1 aromatic rings. The minimum atomic E-state index is -0.300. The second kappa shape index (κ2) is 4.98. The van der Waals surface area contributed by atoms with E-state index in [1.807, 2.05) is 0 Å². The number of Topliss-reactive ketones (excluding diaryl/α,β-unsaturated/α-hetero) is 1. The summed E-state index contributed by atoms with van der Waals surface area (Å²) in [5.41, 5.74) is 3.20. The molecule has 0 aliphatic carbocycles. The van der Waals surface area contributed by atoms with Gasteiger partial charge in [0.05, 0.1) is 10.7 Å². The molecule has 5 heteroatoms. The summed E-state index contributed by atoms with van der Waals surface area (Å²) < 4.78 is 0. The molecule has 74 valence electrons. The Labute approximate surface area is 91.7 Å². The molecule has 0 amide bonds. The normalized spacial score (nSPS) is 11.2. The number of carbonyl (C=O) groups excluding carboxylic acids is 1. The van der Waals surface area contributed by atoms with Gasteiger partial charge in [0.15, 0.2) is 11.0 Å². The van der Waals surface area contributed by atoms with Crippen LogP contribution in [-0.4, -0.2) is 11.0 Å². The molecular formula is C9H8Cl2N2O. The Kier molecular flexibility index (Phi) is 3.92. The standard InChI is InChI=1S/C9H8Cl2N2O/c1-6(14)9(11)13-12-8-5-3-2-4-7(8)10/h2-5,12H,1H3/b13-9-. The lowest BCUT2D eigenvalue weighted by Gasteiger charge is -2.01. The summed E-state index contributed by atoms with van der Waals surface area (Å²) in [7, 11) is 0. The third-order valence-corrected chi connectivity index (χ3v) is 2.12. The van der Waals surface area contributed by atoms with Gasteiger partial charge in [-0.3, -0.25) is 10.2 Å². The van der Waals surface area contributed by atoms with Gasteiger partial charge in [0, 0.05) is 6.92 Å². The molecule has 0 aliphatic rings.